The number of ether oxygens (including phenoxy) is 1. The number of aryl methyl sites for hydroxylation is 1. The molecule has 96 valence electrons. The lowest BCUT2D eigenvalue weighted by Gasteiger charge is -2.10. The van der Waals surface area contributed by atoms with Gasteiger partial charge in [-0.05, 0) is 0 Å². The molecular formula is C12H15FN4O. The highest BCUT2D eigenvalue weighted by Gasteiger charge is 2.08. The third-order valence-corrected chi connectivity index (χ3v) is 2.56. The molecule has 2 aromatic rings. The van der Waals surface area contributed by atoms with Gasteiger partial charge < -0.3 is 15.8 Å². The summed E-state index contributed by atoms with van der Waals surface area (Å²) in [6.07, 6.45) is 3.58. The van der Waals surface area contributed by atoms with Gasteiger partial charge >= 0.3 is 0 Å². The van der Waals surface area contributed by atoms with Crippen molar-refractivity contribution in [1.82, 2.24) is 9.78 Å². The first-order chi connectivity index (χ1) is 8.60. The fourth-order valence-corrected chi connectivity index (χ4v) is 1.64. The summed E-state index contributed by atoms with van der Waals surface area (Å²) >= 11 is 0. The normalized spacial score (nSPS) is 10.4. The maximum atomic E-state index is 13.7. The van der Waals surface area contributed by atoms with Gasteiger partial charge in [0.25, 0.3) is 0 Å². The molecule has 3 N–H and O–H groups in total. The molecule has 0 fully saturated rings. The molecule has 1 aromatic carbocycles. The van der Waals surface area contributed by atoms with E-state index < -0.39 is 5.82 Å². The van der Waals surface area contributed by atoms with Crippen LogP contribution in [0.5, 0.6) is 5.75 Å². The number of aromatic nitrogens is 2. The molecule has 2 rings (SSSR count). The largest absolute Gasteiger partial charge is 0.495 e. The Bertz CT molecular complexity index is 553. The number of hydrogen-bond acceptors (Lipinski definition) is 4. The maximum absolute atomic E-state index is 13.7. The Hall–Kier alpha value is -2.24. The van der Waals surface area contributed by atoms with Gasteiger partial charge in [0.15, 0.2) is 0 Å². The summed E-state index contributed by atoms with van der Waals surface area (Å²) < 4.78 is 20.4. The predicted molar refractivity (Wildman–Crippen MR) is 67.9 cm³/mol. The van der Waals surface area contributed by atoms with Crippen molar-refractivity contribution < 1.29 is 9.13 Å². The monoisotopic (exact) mass is 250 g/mol. The Morgan fingerprint density at radius 3 is 2.89 bits per heavy atom. The highest BCUT2D eigenvalue weighted by Crippen LogP contribution is 2.28. The number of methoxy groups -OCH3 is 1. The van der Waals surface area contributed by atoms with Gasteiger partial charge in [0.1, 0.15) is 11.6 Å². The molecule has 18 heavy (non-hydrogen) atoms. The average Bonchev–Trinajstić information content (AvgIpc) is 2.74. The summed E-state index contributed by atoms with van der Waals surface area (Å²) in [5, 5.41) is 7.02. The van der Waals surface area contributed by atoms with E-state index in [4.69, 9.17) is 10.5 Å². The molecule has 0 aliphatic heterocycles. The fourth-order valence-electron chi connectivity index (χ4n) is 1.64. The number of benzene rings is 1. The van der Waals surface area contributed by atoms with Crippen molar-refractivity contribution in [3.8, 4) is 5.75 Å². The van der Waals surface area contributed by atoms with Crippen molar-refractivity contribution in [1.29, 1.82) is 0 Å². The SMILES string of the molecule is COc1cc(NCc2cnn(C)c2)c(F)cc1N. The first kappa shape index (κ1) is 12.2. The molecule has 1 heterocycles. The lowest BCUT2D eigenvalue weighted by Crippen LogP contribution is -2.03. The van der Waals surface area contributed by atoms with E-state index >= 15 is 0 Å². The zero-order chi connectivity index (χ0) is 13.1. The van der Waals surface area contributed by atoms with Crippen LogP contribution in [0.2, 0.25) is 0 Å². The zero-order valence-corrected chi connectivity index (χ0v) is 10.3. The van der Waals surface area contributed by atoms with Crippen molar-refractivity contribution >= 4 is 11.4 Å². The third kappa shape index (κ3) is 2.53. The number of nitrogens with zero attached hydrogens (tertiary/aromatic N) is 2. The van der Waals surface area contributed by atoms with Crippen molar-refractivity contribution in [2.75, 3.05) is 18.2 Å². The van der Waals surface area contributed by atoms with Crippen molar-refractivity contribution in [3.05, 3.63) is 35.9 Å². The second-order valence-corrected chi connectivity index (χ2v) is 3.95. The standard InChI is InChI=1S/C12H15FN4O/c1-17-7-8(6-16-17)5-15-11-4-12(18-2)10(14)3-9(11)13/h3-4,6-7,15H,5,14H2,1-2H3. The van der Waals surface area contributed by atoms with Gasteiger partial charge in [0.2, 0.25) is 0 Å². The number of nitrogens with one attached hydrogen (secondary N) is 1. The second kappa shape index (κ2) is 4.95. The van der Waals surface area contributed by atoms with Crippen LogP contribution in [-0.2, 0) is 13.6 Å². The maximum Gasteiger partial charge on any atom is 0.148 e. The predicted octanol–water partition coefficient (Wildman–Crippen LogP) is 1.76. The van der Waals surface area contributed by atoms with E-state index in [1.165, 1.54) is 13.2 Å². The van der Waals surface area contributed by atoms with E-state index in [1.54, 1.807) is 16.9 Å². The molecule has 0 spiro atoms. The lowest BCUT2D eigenvalue weighted by molar-refractivity contribution is 0.416. The molecule has 0 saturated heterocycles. The Labute approximate surface area is 104 Å². The van der Waals surface area contributed by atoms with E-state index in [0.717, 1.165) is 5.56 Å². The smallest absolute Gasteiger partial charge is 0.148 e. The van der Waals surface area contributed by atoms with E-state index in [-0.39, 0.29) is 5.69 Å². The van der Waals surface area contributed by atoms with Crippen LogP contribution in [0.25, 0.3) is 0 Å². The first-order valence-corrected chi connectivity index (χ1v) is 5.44. The first-order valence-electron chi connectivity index (χ1n) is 5.44. The van der Waals surface area contributed by atoms with Crippen molar-refractivity contribution in [2.45, 2.75) is 6.54 Å². The summed E-state index contributed by atoms with van der Waals surface area (Å²) in [5.74, 6) is 0.0438. The number of nitrogens with two attached hydrogens (primary N) is 1. The third-order valence-electron chi connectivity index (χ3n) is 2.56. The molecule has 0 amide bonds. The Morgan fingerprint density at radius 1 is 1.50 bits per heavy atom. The second-order valence-electron chi connectivity index (χ2n) is 3.95. The summed E-state index contributed by atoms with van der Waals surface area (Å²) in [5.41, 5.74) is 7.20. The number of rotatable bonds is 4. The molecule has 6 heteroatoms. The minimum Gasteiger partial charge on any atom is -0.495 e. The Morgan fingerprint density at radius 2 is 2.28 bits per heavy atom. The summed E-state index contributed by atoms with van der Waals surface area (Å²) in [4.78, 5) is 0. The molecule has 5 nitrogen and oxygen atoms in total. The van der Waals surface area contributed by atoms with E-state index in [9.17, 15) is 4.39 Å². The number of nitrogen functional groups attached to an aromatic ring is 1. The number of halogens is 1. The van der Waals surface area contributed by atoms with Gasteiger partial charge in [-0.1, -0.05) is 0 Å². The quantitative estimate of drug-likeness (QED) is 0.811. The van der Waals surface area contributed by atoms with E-state index in [1.807, 2.05) is 13.2 Å². The molecule has 0 bridgehead atoms. The van der Waals surface area contributed by atoms with Crippen LogP contribution in [0.4, 0.5) is 15.8 Å². The molecule has 0 unspecified atom stereocenters. The number of anilines is 2. The molecule has 0 aliphatic carbocycles. The van der Waals surface area contributed by atoms with Gasteiger partial charge in [-0.3, -0.25) is 4.68 Å². The van der Waals surface area contributed by atoms with Gasteiger partial charge in [-0.2, -0.15) is 5.10 Å². The van der Waals surface area contributed by atoms with Crippen LogP contribution in [0, 0.1) is 5.82 Å². The Kier molecular flexibility index (Phi) is 3.36. The van der Waals surface area contributed by atoms with Crippen LogP contribution in [-0.4, -0.2) is 16.9 Å². The molecule has 0 aliphatic rings. The highest BCUT2D eigenvalue weighted by atomic mass is 19.1. The summed E-state index contributed by atoms with van der Waals surface area (Å²) in [6, 6.07) is 2.78. The molecule has 0 saturated carbocycles. The number of hydrogen-bond donors (Lipinski definition) is 2. The molecule has 1 aromatic heterocycles. The summed E-state index contributed by atoms with van der Waals surface area (Å²) in [6.45, 7) is 0.484. The molecule has 0 radical (unpaired) electrons. The van der Waals surface area contributed by atoms with Crippen LogP contribution in [0.15, 0.2) is 24.5 Å². The van der Waals surface area contributed by atoms with Gasteiger partial charge in [0.05, 0.1) is 24.7 Å². The summed E-state index contributed by atoms with van der Waals surface area (Å²) in [7, 11) is 3.32. The van der Waals surface area contributed by atoms with Crippen LogP contribution >= 0.6 is 0 Å². The topological polar surface area (TPSA) is 65.1 Å². The van der Waals surface area contributed by atoms with Crippen molar-refractivity contribution in [2.24, 2.45) is 7.05 Å². The van der Waals surface area contributed by atoms with Crippen LogP contribution < -0.4 is 15.8 Å². The van der Waals surface area contributed by atoms with Crippen LogP contribution in [0.1, 0.15) is 5.56 Å². The van der Waals surface area contributed by atoms with Gasteiger partial charge in [-0.15, -0.1) is 0 Å². The minimum atomic E-state index is -0.405. The lowest BCUT2D eigenvalue weighted by atomic mass is 10.2. The van der Waals surface area contributed by atoms with Crippen LogP contribution in [0.3, 0.4) is 0 Å². The van der Waals surface area contributed by atoms with Gasteiger partial charge in [-0.25, -0.2) is 4.39 Å². The fraction of sp³-hybridized carbons (Fsp3) is 0.250. The van der Waals surface area contributed by atoms with E-state index in [0.29, 0.717) is 18.0 Å². The average molecular weight is 250 g/mol. The highest BCUT2D eigenvalue weighted by molar-refractivity contribution is 5.62. The molecular weight excluding hydrogens is 235 g/mol. The van der Waals surface area contributed by atoms with Gasteiger partial charge in [0, 0.05) is 37.5 Å². The zero-order valence-electron chi connectivity index (χ0n) is 10.3. The Balaban J connectivity index is 2.13. The van der Waals surface area contributed by atoms with E-state index in [2.05, 4.69) is 10.4 Å². The van der Waals surface area contributed by atoms with Crippen molar-refractivity contribution in [3.63, 3.8) is 0 Å². The molecule has 0 atom stereocenters. The minimum absolute atomic E-state index is 0.280.